The Balaban J connectivity index is 3.05. The molecular formula is C13H16FNO3. The number of hydrogen-bond acceptors (Lipinski definition) is 3. The van der Waals surface area contributed by atoms with Crippen LogP contribution in [0.5, 0.6) is 0 Å². The van der Waals surface area contributed by atoms with E-state index >= 15 is 0 Å². The number of anilines is 1. The number of methoxy groups -OCH3 is 1. The van der Waals surface area contributed by atoms with Gasteiger partial charge in [0.1, 0.15) is 5.82 Å². The lowest BCUT2D eigenvalue weighted by atomic mass is 10.1. The normalized spacial score (nSPS) is 10.2. The molecule has 98 valence electrons. The van der Waals surface area contributed by atoms with Gasteiger partial charge in [-0.15, -0.1) is 0 Å². The zero-order valence-corrected chi connectivity index (χ0v) is 10.7. The number of nitrogens with zero attached hydrogens (tertiary/aromatic N) is 1. The van der Waals surface area contributed by atoms with Crippen molar-refractivity contribution in [1.82, 2.24) is 0 Å². The lowest BCUT2D eigenvalue weighted by Crippen LogP contribution is -2.32. The van der Waals surface area contributed by atoms with E-state index < -0.39 is 5.82 Å². The molecule has 0 unspecified atom stereocenters. The number of rotatable bonds is 5. The minimum atomic E-state index is -0.589. The smallest absolute Gasteiger partial charge is 0.224 e. The van der Waals surface area contributed by atoms with Crippen LogP contribution in [0.2, 0.25) is 0 Å². The fourth-order valence-corrected chi connectivity index (χ4v) is 1.57. The van der Waals surface area contributed by atoms with Gasteiger partial charge in [0.15, 0.2) is 5.78 Å². The molecule has 0 saturated heterocycles. The number of carbonyl (C=O) groups is 2. The van der Waals surface area contributed by atoms with Crippen molar-refractivity contribution in [2.45, 2.75) is 13.8 Å². The first-order chi connectivity index (χ1) is 8.47. The Hall–Kier alpha value is -1.75. The third-order valence-electron chi connectivity index (χ3n) is 2.54. The van der Waals surface area contributed by atoms with Crippen LogP contribution in [0.4, 0.5) is 10.1 Å². The number of carbonyl (C=O) groups excluding carboxylic acids is 2. The highest BCUT2D eigenvalue weighted by molar-refractivity contribution is 5.96. The summed E-state index contributed by atoms with van der Waals surface area (Å²) in [5, 5.41) is 0. The number of benzene rings is 1. The third kappa shape index (κ3) is 3.37. The van der Waals surface area contributed by atoms with Crippen LogP contribution in [0.1, 0.15) is 24.2 Å². The molecule has 0 aliphatic carbocycles. The Bertz CT molecular complexity index is 460. The zero-order valence-electron chi connectivity index (χ0n) is 10.7. The SMILES string of the molecule is COCCN(C(C)=O)c1ccc(C(C)=O)cc1F. The van der Waals surface area contributed by atoms with E-state index in [0.29, 0.717) is 6.61 Å². The first-order valence-corrected chi connectivity index (χ1v) is 5.55. The molecule has 1 aromatic rings. The molecule has 1 aromatic carbocycles. The van der Waals surface area contributed by atoms with Gasteiger partial charge < -0.3 is 9.64 Å². The van der Waals surface area contributed by atoms with Gasteiger partial charge in [-0.05, 0) is 25.1 Å². The average molecular weight is 253 g/mol. The quantitative estimate of drug-likeness (QED) is 0.754. The summed E-state index contributed by atoms with van der Waals surface area (Å²) in [6.45, 7) is 3.30. The molecule has 0 aliphatic heterocycles. The van der Waals surface area contributed by atoms with E-state index in [0.717, 1.165) is 6.07 Å². The van der Waals surface area contributed by atoms with Crippen molar-refractivity contribution < 1.29 is 18.7 Å². The van der Waals surface area contributed by atoms with Crippen LogP contribution in [-0.4, -0.2) is 32.0 Å². The molecular weight excluding hydrogens is 237 g/mol. The summed E-state index contributed by atoms with van der Waals surface area (Å²) in [6.07, 6.45) is 0. The second-order valence-corrected chi connectivity index (χ2v) is 3.89. The van der Waals surface area contributed by atoms with Gasteiger partial charge in [-0.25, -0.2) is 4.39 Å². The van der Waals surface area contributed by atoms with E-state index in [-0.39, 0.29) is 29.5 Å². The van der Waals surface area contributed by atoms with Gasteiger partial charge in [0, 0.05) is 26.1 Å². The summed E-state index contributed by atoms with van der Waals surface area (Å²) in [5.74, 6) is -1.08. The molecule has 0 heterocycles. The summed E-state index contributed by atoms with van der Waals surface area (Å²) >= 11 is 0. The first kappa shape index (κ1) is 14.3. The second kappa shape index (κ2) is 6.26. The summed E-state index contributed by atoms with van der Waals surface area (Å²) in [7, 11) is 1.51. The van der Waals surface area contributed by atoms with Crippen LogP contribution in [0.15, 0.2) is 18.2 Å². The number of Topliss-reactive ketones (excluding diaryl/α,β-unsaturated/α-hetero) is 1. The minimum Gasteiger partial charge on any atom is -0.383 e. The number of amides is 1. The molecule has 1 rings (SSSR count). The molecule has 0 N–H and O–H groups in total. The van der Waals surface area contributed by atoms with Gasteiger partial charge in [0.25, 0.3) is 0 Å². The highest BCUT2D eigenvalue weighted by atomic mass is 19.1. The maximum Gasteiger partial charge on any atom is 0.224 e. The molecule has 1 amide bonds. The molecule has 0 saturated carbocycles. The zero-order chi connectivity index (χ0) is 13.7. The molecule has 18 heavy (non-hydrogen) atoms. The van der Waals surface area contributed by atoms with Gasteiger partial charge in [0.05, 0.1) is 12.3 Å². The Kier molecular flexibility index (Phi) is 4.97. The third-order valence-corrected chi connectivity index (χ3v) is 2.54. The Morgan fingerprint density at radius 1 is 1.33 bits per heavy atom. The Labute approximate surface area is 105 Å². The molecule has 0 atom stereocenters. The van der Waals surface area contributed by atoms with Crippen molar-refractivity contribution in [3.8, 4) is 0 Å². The lowest BCUT2D eigenvalue weighted by molar-refractivity contribution is -0.116. The summed E-state index contributed by atoms with van der Waals surface area (Å²) in [5.41, 5.74) is 0.441. The molecule has 5 heteroatoms. The monoisotopic (exact) mass is 253 g/mol. The van der Waals surface area contributed by atoms with E-state index in [9.17, 15) is 14.0 Å². The average Bonchev–Trinajstić information content (AvgIpc) is 2.30. The second-order valence-electron chi connectivity index (χ2n) is 3.89. The molecule has 0 bridgehead atoms. The Morgan fingerprint density at radius 2 is 2.00 bits per heavy atom. The van der Waals surface area contributed by atoms with E-state index in [1.807, 2.05) is 0 Å². The first-order valence-electron chi connectivity index (χ1n) is 5.55. The van der Waals surface area contributed by atoms with Crippen molar-refractivity contribution in [3.63, 3.8) is 0 Å². The van der Waals surface area contributed by atoms with Crippen molar-refractivity contribution in [1.29, 1.82) is 0 Å². The topological polar surface area (TPSA) is 46.6 Å². The van der Waals surface area contributed by atoms with Crippen molar-refractivity contribution in [3.05, 3.63) is 29.6 Å². The van der Waals surface area contributed by atoms with Gasteiger partial charge in [-0.2, -0.15) is 0 Å². The molecule has 0 spiro atoms. The van der Waals surface area contributed by atoms with Crippen LogP contribution < -0.4 is 4.90 Å². The van der Waals surface area contributed by atoms with Crippen LogP contribution in [0.25, 0.3) is 0 Å². The van der Waals surface area contributed by atoms with Crippen molar-refractivity contribution >= 4 is 17.4 Å². The van der Waals surface area contributed by atoms with Crippen molar-refractivity contribution in [2.75, 3.05) is 25.2 Å². The van der Waals surface area contributed by atoms with E-state index in [2.05, 4.69) is 0 Å². The lowest BCUT2D eigenvalue weighted by Gasteiger charge is -2.21. The number of hydrogen-bond donors (Lipinski definition) is 0. The van der Waals surface area contributed by atoms with Gasteiger partial charge in [0.2, 0.25) is 5.91 Å². The van der Waals surface area contributed by atoms with Gasteiger partial charge in [-0.3, -0.25) is 9.59 Å². The fraction of sp³-hybridized carbons (Fsp3) is 0.385. The summed E-state index contributed by atoms with van der Waals surface area (Å²) in [6, 6.07) is 4.08. The molecule has 0 radical (unpaired) electrons. The number of halogens is 1. The standard InChI is InChI=1S/C13H16FNO3/c1-9(16)11-4-5-13(12(14)8-11)15(10(2)17)6-7-18-3/h4-5,8H,6-7H2,1-3H3. The summed E-state index contributed by atoms with van der Waals surface area (Å²) in [4.78, 5) is 23.9. The maximum atomic E-state index is 13.9. The highest BCUT2D eigenvalue weighted by Gasteiger charge is 2.16. The maximum absolute atomic E-state index is 13.9. The van der Waals surface area contributed by atoms with E-state index in [1.54, 1.807) is 0 Å². The molecule has 0 aliphatic rings. The van der Waals surface area contributed by atoms with Crippen LogP contribution in [-0.2, 0) is 9.53 Å². The van der Waals surface area contributed by atoms with Gasteiger partial charge in [-0.1, -0.05) is 0 Å². The fourth-order valence-electron chi connectivity index (χ4n) is 1.57. The molecule has 0 aromatic heterocycles. The van der Waals surface area contributed by atoms with Crippen molar-refractivity contribution in [2.24, 2.45) is 0 Å². The van der Waals surface area contributed by atoms with Crippen LogP contribution >= 0.6 is 0 Å². The molecule has 4 nitrogen and oxygen atoms in total. The Morgan fingerprint density at radius 3 is 2.44 bits per heavy atom. The molecule has 0 fully saturated rings. The van der Waals surface area contributed by atoms with E-state index in [4.69, 9.17) is 4.74 Å². The minimum absolute atomic E-state index is 0.157. The number of ether oxygens (including phenoxy) is 1. The van der Waals surface area contributed by atoms with Crippen LogP contribution in [0, 0.1) is 5.82 Å². The van der Waals surface area contributed by atoms with Gasteiger partial charge >= 0.3 is 0 Å². The largest absolute Gasteiger partial charge is 0.383 e. The predicted molar refractivity (Wildman–Crippen MR) is 66.3 cm³/mol. The van der Waals surface area contributed by atoms with Crippen LogP contribution in [0.3, 0.4) is 0 Å². The summed E-state index contributed by atoms with van der Waals surface area (Å²) < 4.78 is 18.7. The number of ketones is 1. The predicted octanol–water partition coefficient (Wildman–Crippen LogP) is 2.03. The highest BCUT2D eigenvalue weighted by Crippen LogP contribution is 2.21. The van der Waals surface area contributed by atoms with E-state index in [1.165, 1.54) is 38.0 Å².